The number of carbonyl (C=O) groups is 1. The fourth-order valence-corrected chi connectivity index (χ4v) is 1.78. The number of rotatable bonds is 6. The Bertz CT molecular complexity index is 427. The number of hydrogen-bond acceptors (Lipinski definition) is 3. The van der Waals surface area contributed by atoms with Gasteiger partial charge in [-0.25, -0.2) is 0 Å². The maximum atomic E-state index is 12.2. The third kappa shape index (κ3) is 3.33. The summed E-state index contributed by atoms with van der Waals surface area (Å²) in [4.78, 5) is 12.2. The van der Waals surface area contributed by atoms with E-state index in [2.05, 4.69) is 19.2 Å². The van der Waals surface area contributed by atoms with E-state index in [4.69, 9.17) is 4.74 Å². The van der Waals surface area contributed by atoms with Gasteiger partial charge in [-0.3, -0.25) is 4.79 Å². The van der Waals surface area contributed by atoms with Crippen LogP contribution in [0.25, 0.3) is 0 Å². The highest BCUT2D eigenvalue weighted by Crippen LogP contribution is 2.26. The van der Waals surface area contributed by atoms with Crippen LogP contribution in [-0.2, 0) is 0 Å². The molecule has 3 heteroatoms. The van der Waals surface area contributed by atoms with E-state index in [1.807, 2.05) is 26.0 Å². The minimum atomic E-state index is 0.0789. The molecule has 0 aliphatic carbocycles. The highest BCUT2D eigenvalue weighted by atomic mass is 16.5. The molecule has 1 N–H and O–H groups in total. The molecular formula is C15H23NO2. The fourth-order valence-electron chi connectivity index (χ4n) is 1.78. The largest absolute Gasteiger partial charge is 0.496 e. The molecule has 0 saturated heterocycles. The average molecular weight is 249 g/mol. The van der Waals surface area contributed by atoms with Gasteiger partial charge in [-0.2, -0.15) is 0 Å². The molecule has 0 heterocycles. The van der Waals surface area contributed by atoms with Gasteiger partial charge in [0.25, 0.3) is 0 Å². The number of methoxy groups -OCH3 is 1. The van der Waals surface area contributed by atoms with Gasteiger partial charge in [-0.1, -0.05) is 13.0 Å². The Morgan fingerprint density at radius 2 is 2.06 bits per heavy atom. The van der Waals surface area contributed by atoms with Gasteiger partial charge < -0.3 is 10.1 Å². The molecule has 0 aromatic heterocycles. The van der Waals surface area contributed by atoms with E-state index in [0.717, 1.165) is 17.5 Å². The van der Waals surface area contributed by atoms with Gasteiger partial charge in [0.1, 0.15) is 5.75 Å². The Hall–Kier alpha value is -1.35. The molecule has 0 aliphatic rings. The molecule has 0 aliphatic heterocycles. The highest BCUT2D eigenvalue weighted by Gasteiger charge is 2.15. The van der Waals surface area contributed by atoms with E-state index < -0.39 is 0 Å². The van der Waals surface area contributed by atoms with Gasteiger partial charge in [-0.05, 0) is 44.4 Å². The normalized spacial score (nSPS) is 12.3. The van der Waals surface area contributed by atoms with Crippen LogP contribution in [0.2, 0.25) is 0 Å². The molecule has 0 radical (unpaired) electrons. The van der Waals surface area contributed by atoms with Crippen molar-refractivity contribution in [1.82, 2.24) is 5.32 Å². The maximum absolute atomic E-state index is 12.2. The molecule has 0 spiro atoms. The van der Waals surface area contributed by atoms with Crippen LogP contribution >= 0.6 is 0 Å². The molecule has 100 valence electrons. The number of benzene rings is 1. The Morgan fingerprint density at radius 1 is 1.39 bits per heavy atom. The zero-order valence-electron chi connectivity index (χ0n) is 12.0. The first-order valence-electron chi connectivity index (χ1n) is 6.42. The second kappa shape index (κ2) is 6.55. The lowest BCUT2D eigenvalue weighted by Gasteiger charge is -2.14. The smallest absolute Gasteiger partial charge is 0.180 e. The van der Waals surface area contributed by atoms with Gasteiger partial charge in [0.15, 0.2) is 5.78 Å². The van der Waals surface area contributed by atoms with E-state index in [1.165, 1.54) is 0 Å². The molecule has 0 amide bonds. The minimum absolute atomic E-state index is 0.0789. The lowest BCUT2D eigenvalue weighted by Crippen LogP contribution is -2.31. The lowest BCUT2D eigenvalue weighted by molar-refractivity contribution is 0.0984. The average Bonchev–Trinajstić information content (AvgIpc) is 2.38. The van der Waals surface area contributed by atoms with Crippen molar-refractivity contribution in [3.05, 3.63) is 28.8 Å². The second-order valence-electron chi connectivity index (χ2n) is 4.70. The van der Waals surface area contributed by atoms with Crippen molar-refractivity contribution in [3.8, 4) is 5.75 Å². The molecule has 1 unspecified atom stereocenters. The monoisotopic (exact) mass is 249 g/mol. The summed E-state index contributed by atoms with van der Waals surface area (Å²) in [5, 5.41) is 3.21. The number of hydrogen-bond donors (Lipinski definition) is 1. The van der Waals surface area contributed by atoms with Crippen molar-refractivity contribution in [3.63, 3.8) is 0 Å². The Labute approximate surface area is 110 Å². The van der Waals surface area contributed by atoms with Crippen LogP contribution in [0, 0.1) is 13.8 Å². The van der Waals surface area contributed by atoms with Crippen LogP contribution in [-0.4, -0.2) is 25.5 Å². The predicted molar refractivity (Wildman–Crippen MR) is 74.6 cm³/mol. The SMILES string of the molecule is CCC(C)NCC(=O)c1ccc(C)c(C)c1OC. The quantitative estimate of drug-likeness (QED) is 0.788. The van der Waals surface area contributed by atoms with Crippen molar-refractivity contribution in [2.24, 2.45) is 0 Å². The first-order valence-corrected chi connectivity index (χ1v) is 6.42. The maximum Gasteiger partial charge on any atom is 0.180 e. The number of nitrogens with one attached hydrogen (secondary N) is 1. The van der Waals surface area contributed by atoms with E-state index >= 15 is 0 Å². The van der Waals surface area contributed by atoms with Crippen molar-refractivity contribution in [2.45, 2.75) is 40.2 Å². The van der Waals surface area contributed by atoms with Crippen LogP contribution in [0.4, 0.5) is 0 Å². The second-order valence-corrected chi connectivity index (χ2v) is 4.70. The topological polar surface area (TPSA) is 38.3 Å². The predicted octanol–water partition coefficient (Wildman–Crippen LogP) is 2.88. The first-order chi connectivity index (χ1) is 8.51. The summed E-state index contributed by atoms with van der Waals surface area (Å²) in [6.07, 6.45) is 1.01. The van der Waals surface area contributed by atoms with Crippen molar-refractivity contribution < 1.29 is 9.53 Å². The standard InChI is InChI=1S/C15H23NO2/c1-6-11(3)16-9-14(17)13-8-7-10(2)12(4)15(13)18-5/h7-8,11,16H,6,9H2,1-5H3. The van der Waals surface area contributed by atoms with Crippen molar-refractivity contribution in [2.75, 3.05) is 13.7 Å². The molecule has 1 rings (SSSR count). The van der Waals surface area contributed by atoms with E-state index in [9.17, 15) is 4.79 Å². The van der Waals surface area contributed by atoms with Gasteiger partial charge in [0, 0.05) is 6.04 Å². The molecule has 0 bridgehead atoms. The number of Topliss-reactive ketones (excluding diaryl/α,β-unsaturated/α-hetero) is 1. The van der Waals surface area contributed by atoms with E-state index in [0.29, 0.717) is 23.9 Å². The molecular weight excluding hydrogens is 226 g/mol. The summed E-state index contributed by atoms with van der Waals surface area (Å²) in [5.74, 6) is 0.779. The van der Waals surface area contributed by atoms with Crippen molar-refractivity contribution >= 4 is 5.78 Å². The van der Waals surface area contributed by atoms with Crippen LogP contribution in [0.3, 0.4) is 0 Å². The summed E-state index contributed by atoms with van der Waals surface area (Å²) in [7, 11) is 1.61. The Balaban J connectivity index is 2.89. The fraction of sp³-hybridized carbons (Fsp3) is 0.533. The number of ketones is 1. The molecule has 0 fully saturated rings. The number of ether oxygens (including phenoxy) is 1. The summed E-state index contributed by atoms with van der Waals surface area (Å²) >= 11 is 0. The van der Waals surface area contributed by atoms with Crippen LogP contribution in [0.5, 0.6) is 5.75 Å². The van der Waals surface area contributed by atoms with E-state index in [-0.39, 0.29) is 5.78 Å². The molecule has 0 saturated carbocycles. The zero-order valence-corrected chi connectivity index (χ0v) is 12.0. The Morgan fingerprint density at radius 3 is 2.61 bits per heavy atom. The van der Waals surface area contributed by atoms with Crippen LogP contribution in [0.1, 0.15) is 41.8 Å². The lowest BCUT2D eigenvalue weighted by atomic mass is 10.0. The Kier molecular flexibility index (Phi) is 5.35. The number of aryl methyl sites for hydroxylation is 1. The van der Waals surface area contributed by atoms with Crippen molar-refractivity contribution in [1.29, 1.82) is 0 Å². The van der Waals surface area contributed by atoms with Crippen LogP contribution < -0.4 is 10.1 Å². The van der Waals surface area contributed by atoms with Gasteiger partial charge in [0.05, 0.1) is 19.2 Å². The summed E-state index contributed by atoms with van der Waals surface area (Å²) in [6, 6.07) is 4.17. The van der Waals surface area contributed by atoms with Gasteiger partial charge >= 0.3 is 0 Å². The molecule has 1 aromatic carbocycles. The van der Waals surface area contributed by atoms with E-state index in [1.54, 1.807) is 7.11 Å². The summed E-state index contributed by atoms with van der Waals surface area (Å²) < 4.78 is 5.36. The van der Waals surface area contributed by atoms with Crippen LogP contribution in [0.15, 0.2) is 12.1 Å². The molecule has 1 atom stereocenters. The third-order valence-corrected chi connectivity index (χ3v) is 3.40. The number of carbonyl (C=O) groups excluding carboxylic acids is 1. The van der Waals surface area contributed by atoms with Gasteiger partial charge in [0.2, 0.25) is 0 Å². The molecule has 1 aromatic rings. The third-order valence-electron chi connectivity index (χ3n) is 3.40. The first kappa shape index (κ1) is 14.7. The summed E-state index contributed by atoms with van der Waals surface area (Å²) in [6.45, 7) is 8.52. The zero-order chi connectivity index (χ0) is 13.7. The molecule has 18 heavy (non-hydrogen) atoms. The summed E-state index contributed by atoms with van der Waals surface area (Å²) in [5.41, 5.74) is 2.83. The van der Waals surface area contributed by atoms with Gasteiger partial charge in [-0.15, -0.1) is 0 Å². The minimum Gasteiger partial charge on any atom is -0.496 e. The highest BCUT2D eigenvalue weighted by molar-refractivity contribution is 6.00. The molecule has 3 nitrogen and oxygen atoms in total.